The molecule has 1 heterocycles. The predicted octanol–water partition coefficient (Wildman–Crippen LogP) is 2.93. The molecule has 0 unspecified atom stereocenters. The van der Waals surface area contributed by atoms with Crippen LogP contribution >= 0.6 is 0 Å². The van der Waals surface area contributed by atoms with Gasteiger partial charge in [0.2, 0.25) is 0 Å². The molecule has 0 saturated heterocycles. The minimum Gasteiger partial charge on any atom is -0.489 e. The van der Waals surface area contributed by atoms with Crippen LogP contribution in [0.3, 0.4) is 0 Å². The lowest BCUT2D eigenvalue weighted by Crippen LogP contribution is -2.15. The van der Waals surface area contributed by atoms with E-state index in [1.165, 1.54) is 6.20 Å². The van der Waals surface area contributed by atoms with E-state index in [-0.39, 0.29) is 12.0 Å². The molecule has 0 aliphatic carbocycles. The number of hydrogen-bond acceptors (Lipinski definition) is 4. The molecule has 21 heavy (non-hydrogen) atoms. The highest BCUT2D eigenvalue weighted by Crippen LogP contribution is 2.27. The number of rotatable bonds is 5. The third-order valence-corrected chi connectivity index (χ3v) is 2.67. The van der Waals surface area contributed by atoms with Crippen LogP contribution in [0.5, 0.6) is 5.75 Å². The van der Waals surface area contributed by atoms with Crippen LogP contribution in [0.4, 0.5) is 5.69 Å². The number of carbonyl (C=O) groups excluding carboxylic acids is 2. The molecule has 1 aromatic carbocycles. The maximum Gasteiger partial charge on any atom is 0.257 e. The summed E-state index contributed by atoms with van der Waals surface area (Å²) in [7, 11) is 0. The molecule has 108 valence electrons. The fraction of sp³-hybridized carbons (Fsp3) is 0.188. The van der Waals surface area contributed by atoms with Gasteiger partial charge in [-0.25, -0.2) is 0 Å². The quantitative estimate of drug-likeness (QED) is 0.857. The van der Waals surface area contributed by atoms with Crippen molar-refractivity contribution in [2.45, 2.75) is 20.0 Å². The van der Waals surface area contributed by atoms with Gasteiger partial charge < -0.3 is 10.1 Å². The van der Waals surface area contributed by atoms with Crippen LogP contribution in [0.2, 0.25) is 0 Å². The van der Waals surface area contributed by atoms with Crippen molar-refractivity contribution >= 4 is 17.9 Å². The van der Waals surface area contributed by atoms with Crippen LogP contribution in [-0.2, 0) is 0 Å². The van der Waals surface area contributed by atoms with Crippen molar-refractivity contribution in [3.05, 3.63) is 53.9 Å². The molecule has 1 aromatic heterocycles. The summed E-state index contributed by atoms with van der Waals surface area (Å²) in [5, 5.41) is 2.74. The minimum absolute atomic E-state index is 0.0406. The van der Waals surface area contributed by atoms with Gasteiger partial charge >= 0.3 is 0 Å². The largest absolute Gasteiger partial charge is 0.489 e. The van der Waals surface area contributed by atoms with Gasteiger partial charge in [0.05, 0.1) is 17.4 Å². The Kier molecular flexibility index (Phi) is 4.66. The van der Waals surface area contributed by atoms with E-state index in [1.54, 1.807) is 36.5 Å². The first-order chi connectivity index (χ1) is 10.1. The highest BCUT2D eigenvalue weighted by atomic mass is 16.5. The Hall–Kier alpha value is -2.69. The van der Waals surface area contributed by atoms with Crippen LogP contribution in [0.15, 0.2) is 42.7 Å². The summed E-state index contributed by atoms with van der Waals surface area (Å²) < 4.78 is 5.64. The summed E-state index contributed by atoms with van der Waals surface area (Å²) in [5.41, 5.74) is 1.36. The van der Waals surface area contributed by atoms with Gasteiger partial charge in [-0.3, -0.25) is 14.6 Å². The normalized spacial score (nSPS) is 10.2. The lowest BCUT2D eigenvalue weighted by Gasteiger charge is -2.15. The second-order valence-electron chi connectivity index (χ2n) is 4.74. The standard InChI is InChI=1S/C16H16N2O3/c1-11(2)21-15-6-5-12(10-19)8-14(15)18-16(20)13-4-3-7-17-9-13/h3-11H,1-2H3,(H,18,20). The zero-order chi connectivity index (χ0) is 15.2. The zero-order valence-electron chi connectivity index (χ0n) is 11.9. The average Bonchev–Trinajstić information content (AvgIpc) is 2.49. The number of benzene rings is 1. The number of anilines is 1. The van der Waals surface area contributed by atoms with E-state index in [2.05, 4.69) is 10.3 Å². The van der Waals surface area contributed by atoms with Crippen molar-refractivity contribution in [2.75, 3.05) is 5.32 Å². The number of aldehydes is 1. The molecular formula is C16H16N2O3. The Morgan fingerprint density at radius 1 is 1.33 bits per heavy atom. The number of carbonyl (C=O) groups is 2. The maximum atomic E-state index is 12.2. The van der Waals surface area contributed by atoms with E-state index in [0.29, 0.717) is 22.6 Å². The van der Waals surface area contributed by atoms with Crippen molar-refractivity contribution in [3.8, 4) is 5.75 Å². The Bertz CT molecular complexity index is 639. The van der Waals surface area contributed by atoms with Crippen molar-refractivity contribution in [2.24, 2.45) is 0 Å². The Balaban J connectivity index is 2.28. The van der Waals surface area contributed by atoms with Gasteiger partial charge in [-0.1, -0.05) is 0 Å². The molecule has 1 N–H and O–H groups in total. The third kappa shape index (κ3) is 3.89. The molecule has 2 rings (SSSR count). The molecule has 0 saturated carbocycles. The second kappa shape index (κ2) is 6.65. The van der Waals surface area contributed by atoms with Gasteiger partial charge in [0.15, 0.2) is 0 Å². The first kappa shape index (κ1) is 14.7. The van der Waals surface area contributed by atoms with Crippen molar-refractivity contribution in [3.63, 3.8) is 0 Å². The maximum absolute atomic E-state index is 12.2. The summed E-state index contributed by atoms with van der Waals surface area (Å²) in [4.78, 5) is 26.9. The summed E-state index contributed by atoms with van der Waals surface area (Å²) >= 11 is 0. The molecule has 0 spiro atoms. The lowest BCUT2D eigenvalue weighted by atomic mass is 10.2. The monoisotopic (exact) mass is 284 g/mol. The molecule has 0 aliphatic heterocycles. The van der Waals surface area contributed by atoms with E-state index in [0.717, 1.165) is 6.29 Å². The molecule has 5 heteroatoms. The molecule has 0 bridgehead atoms. The molecule has 0 radical (unpaired) electrons. The summed E-state index contributed by atoms with van der Waals surface area (Å²) in [6.45, 7) is 3.78. The zero-order valence-corrected chi connectivity index (χ0v) is 11.9. The minimum atomic E-state index is -0.306. The topological polar surface area (TPSA) is 68.3 Å². The number of aromatic nitrogens is 1. The second-order valence-corrected chi connectivity index (χ2v) is 4.74. The summed E-state index contributed by atoms with van der Waals surface area (Å²) in [6.07, 6.45) is 3.75. The van der Waals surface area contributed by atoms with E-state index < -0.39 is 0 Å². The van der Waals surface area contributed by atoms with Crippen LogP contribution in [0.1, 0.15) is 34.6 Å². The molecule has 0 fully saturated rings. The van der Waals surface area contributed by atoms with E-state index >= 15 is 0 Å². The lowest BCUT2D eigenvalue weighted by molar-refractivity contribution is 0.102. The SMILES string of the molecule is CC(C)Oc1ccc(C=O)cc1NC(=O)c1cccnc1. The van der Waals surface area contributed by atoms with E-state index in [1.807, 2.05) is 13.8 Å². The van der Waals surface area contributed by atoms with Crippen molar-refractivity contribution in [1.82, 2.24) is 4.98 Å². The number of amides is 1. The summed E-state index contributed by atoms with van der Waals surface area (Å²) in [6, 6.07) is 8.24. The Labute approximate surface area is 123 Å². The van der Waals surface area contributed by atoms with Gasteiger partial charge in [-0.05, 0) is 44.2 Å². The van der Waals surface area contributed by atoms with E-state index in [4.69, 9.17) is 4.74 Å². The number of hydrogen-bond donors (Lipinski definition) is 1. The van der Waals surface area contributed by atoms with Gasteiger partial charge in [0.25, 0.3) is 5.91 Å². The van der Waals surface area contributed by atoms with Gasteiger partial charge in [-0.2, -0.15) is 0 Å². The molecule has 2 aromatic rings. The third-order valence-electron chi connectivity index (χ3n) is 2.67. The smallest absolute Gasteiger partial charge is 0.257 e. The molecule has 5 nitrogen and oxygen atoms in total. The average molecular weight is 284 g/mol. The van der Waals surface area contributed by atoms with Crippen LogP contribution in [0.25, 0.3) is 0 Å². The molecule has 0 aliphatic rings. The molecule has 0 atom stereocenters. The first-order valence-corrected chi connectivity index (χ1v) is 6.57. The van der Waals surface area contributed by atoms with Crippen LogP contribution in [-0.4, -0.2) is 23.3 Å². The fourth-order valence-corrected chi connectivity index (χ4v) is 1.77. The number of pyridine rings is 1. The number of nitrogens with zero attached hydrogens (tertiary/aromatic N) is 1. The van der Waals surface area contributed by atoms with Crippen LogP contribution < -0.4 is 10.1 Å². The van der Waals surface area contributed by atoms with Gasteiger partial charge in [-0.15, -0.1) is 0 Å². The van der Waals surface area contributed by atoms with Gasteiger partial charge in [0, 0.05) is 18.0 Å². The molecular weight excluding hydrogens is 268 g/mol. The van der Waals surface area contributed by atoms with Crippen molar-refractivity contribution in [1.29, 1.82) is 0 Å². The van der Waals surface area contributed by atoms with E-state index in [9.17, 15) is 9.59 Å². The fourth-order valence-electron chi connectivity index (χ4n) is 1.77. The molecule has 1 amide bonds. The highest BCUT2D eigenvalue weighted by molar-refractivity contribution is 6.05. The van der Waals surface area contributed by atoms with Gasteiger partial charge in [0.1, 0.15) is 12.0 Å². The Morgan fingerprint density at radius 3 is 2.76 bits per heavy atom. The van der Waals surface area contributed by atoms with Crippen LogP contribution in [0, 0.1) is 0 Å². The summed E-state index contributed by atoms with van der Waals surface area (Å²) in [5.74, 6) is 0.215. The van der Waals surface area contributed by atoms with Crippen molar-refractivity contribution < 1.29 is 14.3 Å². The first-order valence-electron chi connectivity index (χ1n) is 6.57. The highest BCUT2D eigenvalue weighted by Gasteiger charge is 2.12. The number of ether oxygens (including phenoxy) is 1. The number of nitrogens with one attached hydrogen (secondary N) is 1. The Morgan fingerprint density at radius 2 is 2.14 bits per heavy atom. The predicted molar refractivity (Wildman–Crippen MR) is 79.8 cm³/mol.